The third kappa shape index (κ3) is 3.50. The molecule has 0 spiro atoms. The van der Waals surface area contributed by atoms with Crippen molar-refractivity contribution < 1.29 is 14.2 Å². The van der Waals surface area contributed by atoms with Crippen molar-refractivity contribution in [1.29, 1.82) is 0 Å². The molecule has 3 rings (SSSR count). The molecule has 0 aliphatic carbocycles. The highest BCUT2D eigenvalue weighted by Gasteiger charge is 2.23. The lowest BCUT2D eigenvalue weighted by molar-refractivity contribution is -0.925. The van der Waals surface area contributed by atoms with Crippen LogP contribution in [-0.4, -0.2) is 22.2 Å². The van der Waals surface area contributed by atoms with Crippen LogP contribution in [0.25, 0.3) is 11.5 Å². The standard InChI is InChI=1S/C16H16N4O3S/c1-11(19(2)10-14-4-3-9-24-14)15-17-18-16(23-15)12-5-7-13(8-6-12)20(21)22/h3-9,11H,10H2,1-2H3/p+1/t11-/m0/s1. The van der Waals surface area contributed by atoms with Gasteiger partial charge in [-0.1, -0.05) is 6.07 Å². The Balaban J connectivity index is 1.73. The number of nitrogens with one attached hydrogen (secondary N) is 1. The average molecular weight is 345 g/mol. The molecule has 1 N–H and O–H groups in total. The molecule has 0 radical (unpaired) electrons. The normalized spacial score (nSPS) is 13.6. The summed E-state index contributed by atoms with van der Waals surface area (Å²) in [6, 6.07) is 10.3. The molecule has 7 nitrogen and oxygen atoms in total. The molecule has 0 aliphatic heterocycles. The zero-order valence-electron chi connectivity index (χ0n) is 13.3. The van der Waals surface area contributed by atoms with Crippen molar-refractivity contribution in [3.8, 4) is 11.5 Å². The van der Waals surface area contributed by atoms with Gasteiger partial charge >= 0.3 is 0 Å². The van der Waals surface area contributed by atoms with Gasteiger partial charge in [-0.15, -0.1) is 21.5 Å². The lowest BCUT2D eigenvalue weighted by atomic mass is 10.2. The molecule has 24 heavy (non-hydrogen) atoms. The fourth-order valence-electron chi connectivity index (χ4n) is 2.30. The number of hydrogen-bond donors (Lipinski definition) is 1. The van der Waals surface area contributed by atoms with Crippen LogP contribution < -0.4 is 4.90 Å². The van der Waals surface area contributed by atoms with E-state index in [-0.39, 0.29) is 11.7 Å². The summed E-state index contributed by atoms with van der Waals surface area (Å²) in [6.07, 6.45) is 0. The van der Waals surface area contributed by atoms with Crippen molar-refractivity contribution in [2.75, 3.05) is 7.05 Å². The highest BCUT2D eigenvalue weighted by molar-refractivity contribution is 7.09. The number of non-ortho nitro benzene ring substituents is 1. The number of quaternary nitrogens is 1. The maximum atomic E-state index is 10.7. The molecule has 0 amide bonds. The van der Waals surface area contributed by atoms with E-state index in [1.54, 1.807) is 23.5 Å². The molecule has 2 atom stereocenters. The minimum atomic E-state index is -0.437. The van der Waals surface area contributed by atoms with E-state index in [1.807, 2.05) is 13.0 Å². The zero-order chi connectivity index (χ0) is 17.1. The van der Waals surface area contributed by atoms with E-state index in [1.165, 1.54) is 21.9 Å². The first-order valence-electron chi connectivity index (χ1n) is 7.47. The molecule has 3 aromatic rings. The van der Waals surface area contributed by atoms with Crippen LogP contribution in [0.2, 0.25) is 0 Å². The molecule has 8 heteroatoms. The molecule has 0 saturated heterocycles. The molecule has 124 valence electrons. The van der Waals surface area contributed by atoms with Gasteiger partial charge in [-0.25, -0.2) is 0 Å². The predicted molar refractivity (Wildman–Crippen MR) is 89.7 cm³/mol. The highest BCUT2D eigenvalue weighted by Crippen LogP contribution is 2.22. The second kappa shape index (κ2) is 6.90. The Morgan fingerprint density at radius 1 is 1.29 bits per heavy atom. The topological polar surface area (TPSA) is 86.5 Å². The molecule has 1 aromatic carbocycles. The van der Waals surface area contributed by atoms with Crippen LogP contribution in [-0.2, 0) is 6.54 Å². The first-order chi connectivity index (χ1) is 11.5. The van der Waals surface area contributed by atoms with Gasteiger partial charge in [0.1, 0.15) is 6.54 Å². The van der Waals surface area contributed by atoms with Gasteiger partial charge in [0.05, 0.1) is 16.8 Å². The lowest BCUT2D eigenvalue weighted by Crippen LogP contribution is -3.07. The molecule has 2 aromatic heterocycles. The quantitative estimate of drug-likeness (QED) is 0.548. The van der Waals surface area contributed by atoms with Crippen molar-refractivity contribution in [2.24, 2.45) is 0 Å². The highest BCUT2D eigenvalue weighted by atomic mass is 32.1. The Hall–Kier alpha value is -2.58. The summed E-state index contributed by atoms with van der Waals surface area (Å²) in [5, 5.41) is 21.0. The number of nitro groups is 1. The van der Waals surface area contributed by atoms with Gasteiger partial charge in [0, 0.05) is 17.7 Å². The van der Waals surface area contributed by atoms with E-state index in [9.17, 15) is 10.1 Å². The van der Waals surface area contributed by atoms with E-state index >= 15 is 0 Å². The fourth-order valence-corrected chi connectivity index (χ4v) is 3.10. The number of aromatic nitrogens is 2. The lowest BCUT2D eigenvalue weighted by Gasteiger charge is -2.17. The Morgan fingerprint density at radius 2 is 2.04 bits per heavy atom. The van der Waals surface area contributed by atoms with Crippen molar-refractivity contribution in [3.05, 3.63) is 62.7 Å². The summed E-state index contributed by atoms with van der Waals surface area (Å²) in [6.45, 7) is 2.92. The molecule has 0 aliphatic rings. The maximum Gasteiger partial charge on any atom is 0.274 e. The summed E-state index contributed by atoms with van der Waals surface area (Å²) in [5.41, 5.74) is 0.703. The Morgan fingerprint density at radius 3 is 2.67 bits per heavy atom. The molecule has 2 heterocycles. The Bertz CT molecular complexity index is 814. The van der Waals surface area contributed by atoms with Crippen LogP contribution in [0.1, 0.15) is 23.7 Å². The third-order valence-corrected chi connectivity index (χ3v) is 4.78. The van der Waals surface area contributed by atoms with Crippen LogP contribution in [0.5, 0.6) is 0 Å². The number of nitro benzene ring substituents is 1. The van der Waals surface area contributed by atoms with Gasteiger partial charge in [-0.3, -0.25) is 10.1 Å². The number of benzene rings is 1. The molecule has 1 unspecified atom stereocenters. The van der Waals surface area contributed by atoms with E-state index < -0.39 is 4.92 Å². The summed E-state index contributed by atoms with van der Waals surface area (Å²) in [4.78, 5) is 12.8. The number of nitrogens with zero attached hydrogens (tertiary/aromatic N) is 3. The second-order valence-electron chi connectivity index (χ2n) is 5.57. The third-order valence-electron chi connectivity index (χ3n) is 3.91. The molecular weight excluding hydrogens is 328 g/mol. The van der Waals surface area contributed by atoms with Crippen LogP contribution in [0.4, 0.5) is 5.69 Å². The first kappa shape index (κ1) is 16.3. The predicted octanol–water partition coefficient (Wildman–Crippen LogP) is 2.48. The smallest absolute Gasteiger partial charge is 0.274 e. The fraction of sp³-hybridized carbons (Fsp3) is 0.250. The van der Waals surface area contributed by atoms with Gasteiger partial charge in [-0.2, -0.15) is 0 Å². The Kier molecular flexibility index (Phi) is 4.68. The summed E-state index contributed by atoms with van der Waals surface area (Å²) in [7, 11) is 2.08. The monoisotopic (exact) mass is 345 g/mol. The molecule has 0 saturated carbocycles. The van der Waals surface area contributed by atoms with Crippen LogP contribution >= 0.6 is 11.3 Å². The average Bonchev–Trinajstić information content (AvgIpc) is 3.26. The van der Waals surface area contributed by atoms with E-state index in [0.29, 0.717) is 17.3 Å². The first-order valence-corrected chi connectivity index (χ1v) is 8.35. The van der Waals surface area contributed by atoms with Crippen LogP contribution in [0.15, 0.2) is 46.2 Å². The largest absolute Gasteiger partial charge is 0.415 e. The van der Waals surface area contributed by atoms with Crippen molar-refractivity contribution in [3.63, 3.8) is 0 Å². The minimum Gasteiger partial charge on any atom is -0.415 e. The van der Waals surface area contributed by atoms with Crippen molar-refractivity contribution >= 4 is 17.0 Å². The van der Waals surface area contributed by atoms with E-state index in [4.69, 9.17) is 4.42 Å². The molecule has 0 bridgehead atoms. The molecule has 0 fully saturated rings. The number of thiophene rings is 1. The second-order valence-corrected chi connectivity index (χ2v) is 6.61. The van der Waals surface area contributed by atoms with Crippen molar-refractivity contribution in [1.82, 2.24) is 10.2 Å². The van der Waals surface area contributed by atoms with E-state index in [2.05, 4.69) is 28.7 Å². The van der Waals surface area contributed by atoms with Gasteiger partial charge in [-0.05, 0) is 30.5 Å². The van der Waals surface area contributed by atoms with E-state index in [0.717, 1.165) is 6.54 Å². The Labute approximate surface area is 142 Å². The summed E-state index contributed by atoms with van der Waals surface area (Å²) >= 11 is 1.73. The van der Waals surface area contributed by atoms with Crippen LogP contribution in [0.3, 0.4) is 0 Å². The molecular formula is C16H17N4O3S+. The summed E-state index contributed by atoms with van der Waals surface area (Å²) < 4.78 is 5.76. The van der Waals surface area contributed by atoms with Gasteiger partial charge < -0.3 is 9.32 Å². The van der Waals surface area contributed by atoms with Gasteiger partial charge in [0.25, 0.3) is 11.6 Å². The van der Waals surface area contributed by atoms with Gasteiger partial charge in [0.15, 0.2) is 6.04 Å². The minimum absolute atomic E-state index is 0.0342. The van der Waals surface area contributed by atoms with Gasteiger partial charge in [0.2, 0.25) is 5.89 Å². The maximum absolute atomic E-state index is 10.7. The summed E-state index contributed by atoms with van der Waals surface area (Å²) in [5.74, 6) is 0.924. The SMILES string of the molecule is C[C@@H](c1nnc(-c2ccc([N+](=O)[O-])cc2)o1)[NH+](C)Cc1cccs1. The number of rotatable bonds is 6. The van der Waals surface area contributed by atoms with Crippen LogP contribution in [0, 0.1) is 10.1 Å². The number of hydrogen-bond acceptors (Lipinski definition) is 6. The van der Waals surface area contributed by atoms with Crippen molar-refractivity contribution in [2.45, 2.75) is 19.5 Å². The zero-order valence-corrected chi connectivity index (χ0v) is 14.1.